The van der Waals surface area contributed by atoms with Crippen LogP contribution >= 0.6 is 23.2 Å². The van der Waals surface area contributed by atoms with Crippen LogP contribution in [0.2, 0.25) is 10.0 Å². The largest absolute Gasteiger partial charge is 0.573 e. The topological polar surface area (TPSA) is 146 Å². The van der Waals surface area contributed by atoms with Gasteiger partial charge in [0.15, 0.2) is 17.2 Å². The smallest absolute Gasteiger partial charge is 0.481 e. The van der Waals surface area contributed by atoms with E-state index in [0.29, 0.717) is 64.8 Å². The molecule has 2 atom stereocenters. The number of carboxylic acid groups (broad SMARTS) is 1. The normalized spacial score (nSPS) is 17.9. The molecule has 2 fully saturated rings. The summed E-state index contributed by atoms with van der Waals surface area (Å²) in [6.07, 6.45) is 0.205. The number of ether oxygens (including phenoxy) is 1. The van der Waals surface area contributed by atoms with Crippen LogP contribution in [0.1, 0.15) is 18.4 Å². The zero-order chi connectivity index (χ0) is 40.0. The summed E-state index contributed by atoms with van der Waals surface area (Å²) in [6.45, 7) is 3.11. The average Bonchev–Trinajstić information content (AvgIpc) is 3.94. The first-order chi connectivity index (χ1) is 27.3. The Hall–Kier alpha value is -5.19. The van der Waals surface area contributed by atoms with Gasteiger partial charge in [-0.3, -0.25) is 19.5 Å². The van der Waals surface area contributed by atoms with Crippen molar-refractivity contribution in [1.82, 2.24) is 24.3 Å². The number of β-amino-alcohol motifs (C(OH)–C–C–N with tert-alkyl or cyclic N) is 1. The van der Waals surface area contributed by atoms with E-state index in [2.05, 4.69) is 19.9 Å². The Kier molecular flexibility index (Phi) is 10.6. The lowest BCUT2D eigenvalue weighted by molar-refractivity contribution is -0.274. The Morgan fingerprint density at radius 1 is 0.965 bits per heavy atom. The van der Waals surface area contributed by atoms with Gasteiger partial charge >= 0.3 is 12.3 Å². The van der Waals surface area contributed by atoms with Crippen LogP contribution in [-0.2, 0) is 17.9 Å². The SMILES string of the molecule is O=C(O)[C@@H]1CCN(CCn2cc(OC(F)(F)F)c3oc(-c4cccc(-c5cccc(Nc6nccc7cc(CN8CC[C@@H](O)C8)cnc67)c5Cl)c4Cl)cc3c2=O)C1. The van der Waals surface area contributed by atoms with Crippen molar-refractivity contribution < 1.29 is 37.3 Å². The number of alkyl halides is 3. The number of pyridine rings is 3. The summed E-state index contributed by atoms with van der Waals surface area (Å²) < 4.78 is 52.1. The Balaban J connectivity index is 1.09. The standard InChI is InChI=1S/C40H35Cl2F3N6O6/c41-33-26(27-4-2-6-30(34(27)42)48-37-35-23(7-10-46-37)15-22(17-47-35)18-50-12-9-25(52)20-50)3-1-5-28(33)31-16-29-36(56-31)32(57-40(43,44)45)21-51(38(29)53)14-13-49-11-8-24(19-49)39(54)55/h1-7,10,15-17,21,24-25,52H,8-9,11-14,18-20H2,(H,46,48)(H,54,55)/t24-,25-/m1/s1. The molecule has 2 aliphatic heterocycles. The van der Waals surface area contributed by atoms with Crippen LogP contribution < -0.4 is 15.6 Å². The van der Waals surface area contributed by atoms with Gasteiger partial charge in [0.1, 0.15) is 11.3 Å². The van der Waals surface area contributed by atoms with E-state index in [0.717, 1.165) is 34.7 Å². The summed E-state index contributed by atoms with van der Waals surface area (Å²) in [5.74, 6) is -1.67. The second-order valence-electron chi connectivity index (χ2n) is 14.2. The minimum Gasteiger partial charge on any atom is -0.481 e. The molecule has 6 aromatic rings. The molecule has 3 N–H and O–H groups in total. The van der Waals surface area contributed by atoms with E-state index >= 15 is 0 Å². The molecule has 8 rings (SSSR count). The highest BCUT2D eigenvalue weighted by molar-refractivity contribution is 6.39. The maximum absolute atomic E-state index is 13.6. The number of nitrogens with one attached hydrogen (secondary N) is 1. The molecule has 57 heavy (non-hydrogen) atoms. The fourth-order valence-corrected chi connectivity index (χ4v) is 8.12. The third-order valence-corrected chi connectivity index (χ3v) is 11.2. The highest BCUT2D eigenvalue weighted by atomic mass is 35.5. The summed E-state index contributed by atoms with van der Waals surface area (Å²) in [7, 11) is 0. The number of aliphatic hydroxyl groups is 1. The summed E-state index contributed by atoms with van der Waals surface area (Å²) in [5, 5.41) is 23.7. The van der Waals surface area contributed by atoms with Crippen LogP contribution in [0.4, 0.5) is 24.7 Å². The number of aromatic nitrogens is 3. The third kappa shape index (κ3) is 8.16. The number of hydrogen-bond donors (Lipinski definition) is 3. The average molecular weight is 824 g/mol. The van der Waals surface area contributed by atoms with Gasteiger partial charge in [0, 0.05) is 73.7 Å². The first kappa shape index (κ1) is 38.7. The molecule has 0 bridgehead atoms. The van der Waals surface area contributed by atoms with Gasteiger partial charge in [0.05, 0.1) is 39.3 Å². The fraction of sp³-hybridized carbons (Fsp3) is 0.300. The Morgan fingerprint density at radius 2 is 1.72 bits per heavy atom. The Labute approximate surface area is 333 Å². The van der Waals surface area contributed by atoms with Gasteiger partial charge in [-0.15, -0.1) is 13.2 Å². The van der Waals surface area contributed by atoms with Gasteiger partial charge < -0.3 is 34.2 Å². The summed E-state index contributed by atoms with van der Waals surface area (Å²) in [5.41, 5.74) is 2.44. The molecule has 2 aromatic carbocycles. The summed E-state index contributed by atoms with van der Waals surface area (Å²) in [4.78, 5) is 38.3. The first-order valence-corrected chi connectivity index (χ1v) is 18.9. The van der Waals surface area contributed by atoms with E-state index in [1.54, 1.807) is 48.8 Å². The molecule has 0 aliphatic carbocycles. The zero-order valence-corrected chi connectivity index (χ0v) is 31.6. The van der Waals surface area contributed by atoms with E-state index in [9.17, 15) is 33.0 Å². The van der Waals surface area contributed by atoms with E-state index in [1.165, 1.54) is 6.07 Å². The Bertz CT molecular complexity index is 2560. The van der Waals surface area contributed by atoms with E-state index in [-0.39, 0.29) is 41.9 Å². The molecule has 0 radical (unpaired) electrons. The number of anilines is 2. The quantitative estimate of drug-likeness (QED) is 0.118. The van der Waals surface area contributed by atoms with Crippen molar-refractivity contribution in [2.45, 2.75) is 38.4 Å². The molecule has 0 spiro atoms. The van der Waals surface area contributed by atoms with Crippen molar-refractivity contribution in [2.75, 3.05) is 38.0 Å². The summed E-state index contributed by atoms with van der Waals surface area (Å²) >= 11 is 14.0. The summed E-state index contributed by atoms with van der Waals surface area (Å²) in [6, 6.07) is 15.6. The predicted molar refractivity (Wildman–Crippen MR) is 209 cm³/mol. The van der Waals surface area contributed by atoms with Crippen molar-refractivity contribution in [3.05, 3.63) is 99.2 Å². The highest BCUT2D eigenvalue weighted by Crippen LogP contribution is 2.44. The number of aliphatic hydroxyl groups excluding tert-OH is 1. The van der Waals surface area contributed by atoms with Crippen molar-refractivity contribution in [1.29, 1.82) is 0 Å². The van der Waals surface area contributed by atoms with Crippen LogP contribution in [0.5, 0.6) is 5.75 Å². The minimum atomic E-state index is -5.09. The number of fused-ring (bicyclic) bond motifs is 2. The van der Waals surface area contributed by atoms with Gasteiger partial charge in [0.25, 0.3) is 5.56 Å². The molecule has 0 amide bonds. The number of carboxylic acids is 1. The monoisotopic (exact) mass is 822 g/mol. The maximum atomic E-state index is 13.6. The van der Waals surface area contributed by atoms with Gasteiger partial charge in [0.2, 0.25) is 0 Å². The molecule has 2 aliphatic rings. The number of rotatable bonds is 11. The number of benzene rings is 2. The van der Waals surface area contributed by atoms with Gasteiger partial charge in [-0.25, -0.2) is 4.98 Å². The van der Waals surface area contributed by atoms with Crippen LogP contribution in [0.15, 0.2) is 82.4 Å². The van der Waals surface area contributed by atoms with E-state index in [4.69, 9.17) is 32.6 Å². The number of halogens is 5. The van der Waals surface area contributed by atoms with Crippen molar-refractivity contribution >= 4 is 62.5 Å². The van der Waals surface area contributed by atoms with Crippen LogP contribution in [0.25, 0.3) is 44.3 Å². The second kappa shape index (κ2) is 15.6. The van der Waals surface area contributed by atoms with E-state index in [1.807, 2.05) is 17.0 Å². The predicted octanol–water partition coefficient (Wildman–Crippen LogP) is 7.79. The Morgan fingerprint density at radius 3 is 2.46 bits per heavy atom. The molecule has 296 valence electrons. The van der Waals surface area contributed by atoms with E-state index < -0.39 is 35.1 Å². The van der Waals surface area contributed by atoms with Crippen LogP contribution in [0.3, 0.4) is 0 Å². The third-order valence-electron chi connectivity index (χ3n) is 10.3. The number of hydrogen-bond acceptors (Lipinski definition) is 10. The number of nitrogens with zero attached hydrogens (tertiary/aromatic N) is 5. The molecule has 0 unspecified atom stereocenters. The molecular formula is C40H35Cl2F3N6O6. The molecule has 2 saturated heterocycles. The molecule has 12 nitrogen and oxygen atoms in total. The van der Waals surface area contributed by atoms with Crippen LogP contribution in [0, 0.1) is 5.92 Å². The lowest BCUT2D eigenvalue weighted by Gasteiger charge is -2.17. The molecule has 17 heteroatoms. The van der Waals surface area contributed by atoms with Gasteiger partial charge in [-0.05, 0) is 55.3 Å². The zero-order valence-electron chi connectivity index (χ0n) is 30.1. The number of furan rings is 1. The number of likely N-dealkylation sites (tertiary alicyclic amines) is 2. The lowest BCUT2D eigenvalue weighted by Crippen LogP contribution is -2.30. The van der Waals surface area contributed by atoms with Crippen molar-refractivity contribution in [2.24, 2.45) is 5.92 Å². The molecule has 4 aromatic heterocycles. The number of aliphatic carboxylic acids is 1. The van der Waals surface area contributed by atoms with Crippen LogP contribution in [-0.4, -0.2) is 85.7 Å². The molecular weight excluding hydrogens is 788 g/mol. The molecule has 0 saturated carbocycles. The maximum Gasteiger partial charge on any atom is 0.573 e. The number of carbonyl (C=O) groups is 1. The van der Waals surface area contributed by atoms with Crippen molar-refractivity contribution in [3.63, 3.8) is 0 Å². The highest BCUT2D eigenvalue weighted by Gasteiger charge is 2.34. The lowest BCUT2D eigenvalue weighted by atomic mass is 10.0. The molecule has 6 heterocycles. The second-order valence-corrected chi connectivity index (χ2v) is 15.0. The fourth-order valence-electron chi connectivity index (χ4n) is 7.52. The first-order valence-electron chi connectivity index (χ1n) is 18.2. The van der Waals surface area contributed by atoms with Crippen molar-refractivity contribution in [3.8, 4) is 28.2 Å². The minimum absolute atomic E-state index is 0.00906. The van der Waals surface area contributed by atoms with Gasteiger partial charge in [-0.2, -0.15) is 0 Å². The van der Waals surface area contributed by atoms with Gasteiger partial charge in [-0.1, -0.05) is 47.5 Å².